The summed E-state index contributed by atoms with van der Waals surface area (Å²) in [5.41, 5.74) is 0.667. The minimum atomic E-state index is -3.21. The number of rotatable bonds is 8. The van der Waals surface area contributed by atoms with Gasteiger partial charge in [0.1, 0.15) is 0 Å². The molecule has 0 radical (unpaired) electrons. The predicted octanol–water partition coefficient (Wildman–Crippen LogP) is 2.71. The zero-order valence-corrected chi connectivity index (χ0v) is 12.7. The highest BCUT2D eigenvalue weighted by molar-refractivity contribution is 7.91. The molecule has 1 N–H and O–H groups in total. The lowest BCUT2D eigenvalue weighted by atomic mass is 10.1. The predicted molar refractivity (Wildman–Crippen MR) is 78.4 cm³/mol. The molecule has 19 heavy (non-hydrogen) atoms. The highest BCUT2D eigenvalue weighted by Crippen LogP contribution is 2.23. The van der Waals surface area contributed by atoms with E-state index in [9.17, 15) is 8.42 Å². The molecule has 0 spiro atoms. The van der Waals surface area contributed by atoms with Gasteiger partial charge in [-0.05, 0) is 18.6 Å². The number of nitrogens with one attached hydrogen (secondary N) is 1. The van der Waals surface area contributed by atoms with Crippen molar-refractivity contribution in [1.29, 1.82) is 0 Å². The van der Waals surface area contributed by atoms with E-state index in [0.717, 1.165) is 12.8 Å². The van der Waals surface area contributed by atoms with E-state index in [1.807, 2.05) is 6.07 Å². The Morgan fingerprint density at radius 3 is 2.53 bits per heavy atom. The minimum absolute atomic E-state index is 0.106. The van der Waals surface area contributed by atoms with E-state index in [1.165, 1.54) is 0 Å². The molecule has 1 unspecified atom stereocenters. The number of hydrogen-bond donors (Lipinski definition) is 1. The standard InChI is InChI=1S/C14H23NO3S/c1-4-8-12(11-18-3)15-13-9-6-7-10-14(13)19(16,17)5-2/h6-7,9-10,12,15H,4-5,8,11H2,1-3H3. The Labute approximate surface area is 116 Å². The molecular weight excluding hydrogens is 262 g/mol. The molecule has 1 aromatic carbocycles. The van der Waals surface area contributed by atoms with Gasteiger partial charge in [0.05, 0.1) is 22.9 Å². The fourth-order valence-corrected chi connectivity index (χ4v) is 3.04. The average molecular weight is 285 g/mol. The van der Waals surface area contributed by atoms with E-state index < -0.39 is 9.84 Å². The van der Waals surface area contributed by atoms with Gasteiger partial charge in [0.2, 0.25) is 0 Å². The third kappa shape index (κ3) is 4.51. The summed E-state index contributed by atoms with van der Waals surface area (Å²) in [7, 11) is -1.56. The number of hydrogen-bond acceptors (Lipinski definition) is 4. The van der Waals surface area contributed by atoms with Crippen molar-refractivity contribution in [1.82, 2.24) is 0 Å². The first-order valence-electron chi connectivity index (χ1n) is 6.62. The van der Waals surface area contributed by atoms with Gasteiger partial charge in [-0.2, -0.15) is 0 Å². The molecule has 4 nitrogen and oxygen atoms in total. The number of methoxy groups -OCH3 is 1. The number of ether oxygens (including phenoxy) is 1. The maximum Gasteiger partial charge on any atom is 0.180 e. The monoisotopic (exact) mass is 285 g/mol. The Hall–Kier alpha value is -1.07. The molecule has 0 aliphatic carbocycles. The summed E-state index contributed by atoms with van der Waals surface area (Å²) in [6.45, 7) is 4.32. The van der Waals surface area contributed by atoms with Gasteiger partial charge in [-0.25, -0.2) is 8.42 Å². The normalized spacial score (nSPS) is 13.2. The van der Waals surface area contributed by atoms with E-state index in [4.69, 9.17) is 4.74 Å². The van der Waals surface area contributed by atoms with E-state index in [0.29, 0.717) is 17.2 Å². The summed E-state index contributed by atoms with van der Waals surface area (Å²) in [6.07, 6.45) is 1.96. The molecule has 0 aliphatic heterocycles. The second kappa shape index (κ2) is 7.50. The number of anilines is 1. The van der Waals surface area contributed by atoms with Crippen LogP contribution in [0.5, 0.6) is 0 Å². The van der Waals surface area contributed by atoms with Crippen LogP contribution in [0.1, 0.15) is 26.7 Å². The molecule has 108 valence electrons. The molecule has 0 amide bonds. The maximum atomic E-state index is 12.0. The Morgan fingerprint density at radius 2 is 1.95 bits per heavy atom. The van der Waals surface area contributed by atoms with Crippen molar-refractivity contribution in [3.63, 3.8) is 0 Å². The van der Waals surface area contributed by atoms with E-state index in [1.54, 1.807) is 32.2 Å². The molecule has 1 atom stereocenters. The Balaban J connectivity index is 3.00. The Bertz CT molecular complexity index is 479. The van der Waals surface area contributed by atoms with Crippen molar-refractivity contribution < 1.29 is 13.2 Å². The van der Waals surface area contributed by atoms with Crippen LogP contribution in [0.3, 0.4) is 0 Å². The van der Waals surface area contributed by atoms with E-state index >= 15 is 0 Å². The molecule has 5 heteroatoms. The van der Waals surface area contributed by atoms with Crippen LogP contribution in [0.15, 0.2) is 29.2 Å². The molecule has 0 saturated heterocycles. The Morgan fingerprint density at radius 1 is 1.26 bits per heavy atom. The average Bonchev–Trinajstić information content (AvgIpc) is 2.40. The van der Waals surface area contributed by atoms with Crippen LogP contribution in [0.4, 0.5) is 5.69 Å². The molecule has 1 rings (SSSR count). The van der Waals surface area contributed by atoms with Crippen molar-refractivity contribution in [3.8, 4) is 0 Å². The largest absolute Gasteiger partial charge is 0.383 e. The number of benzene rings is 1. The van der Waals surface area contributed by atoms with Crippen LogP contribution in [0.2, 0.25) is 0 Å². The van der Waals surface area contributed by atoms with Crippen LogP contribution >= 0.6 is 0 Å². The van der Waals surface area contributed by atoms with Gasteiger partial charge < -0.3 is 10.1 Å². The molecule has 0 saturated carbocycles. The fourth-order valence-electron chi connectivity index (χ4n) is 1.98. The van der Waals surface area contributed by atoms with Gasteiger partial charge >= 0.3 is 0 Å². The van der Waals surface area contributed by atoms with Gasteiger partial charge in [-0.1, -0.05) is 32.4 Å². The smallest absolute Gasteiger partial charge is 0.180 e. The summed E-state index contributed by atoms with van der Waals surface area (Å²) < 4.78 is 29.3. The van der Waals surface area contributed by atoms with Crippen LogP contribution < -0.4 is 5.32 Å². The van der Waals surface area contributed by atoms with Crippen LogP contribution in [0, 0.1) is 0 Å². The summed E-state index contributed by atoms with van der Waals surface area (Å²) in [5, 5.41) is 3.29. The van der Waals surface area contributed by atoms with E-state index in [-0.39, 0.29) is 11.8 Å². The third-order valence-corrected chi connectivity index (χ3v) is 4.75. The number of para-hydroxylation sites is 1. The van der Waals surface area contributed by atoms with Crippen molar-refractivity contribution in [2.75, 3.05) is 24.8 Å². The van der Waals surface area contributed by atoms with E-state index in [2.05, 4.69) is 12.2 Å². The zero-order valence-electron chi connectivity index (χ0n) is 11.8. The zero-order chi connectivity index (χ0) is 14.3. The lowest BCUT2D eigenvalue weighted by molar-refractivity contribution is 0.182. The number of sulfone groups is 1. The summed E-state index contributed by atoms with van der Waals surface area (Å²) in [4.78, 5) is 0.370. The molecule has 1 aromatic rings. The third-order valence-electron chi connectivity index (χ3n) is 2.97. The molecule has 0 aromatic heterocycles. The first kappa shape index (κ1) is 16.0. The van der Waals surface area contributed by atoms with Crippen molar-refractivity contribution in [2.45, 2.75) is 37.6 Å². The maximum absolute atomic E-state index is 12.0. The minimum Gasteiger partial charge on any atom is -0.383 e. The molecule has 0 fully saturated rings. The van der Waals surface area contributed by atoms with Crippen molar-refractivity contribution in [3.05, 3.63) is 24.3 Å². The van der Waals surface area contributed by atoms with Gasteiger partial charge in [-0.15, -0.1) is 0 Å². The highest BCUT2D eigenvalue weighted by atomic mass is 32.2. The first-order chi connectivity index (χ1) is 9.05. The SMILES string of the molecule is CCCC(COC)Nc1ccccc1S(=O)(=O)CC. The highest BCUT2D eigenvalue weighted by Gasteiger charge is 2.18. The summed E-state index contributed by atoms with van der Waals surface area (Å²) in [6, 6.07) is 7.17. The van der Waals surface area contributed by atoms with Gasteiger partial charge in [0.15, 0.2) is 9.84 Å². The van der Waals surface area contributed by atoms with Crippen LogP contribution in [0.25, 0.3) is 0 Å². The van der Waals surface area contributed by atoms with Crippen LogP contribution in [-0.4, -0.2) is 33.9 Å². The summed E-state index contributed by atoms with van der Waals surface area (Å²) >= 11 is 0. The van der Waals surface area contributed by atoms with Gasteiger partial charge in [-0.3, -0.25) is 0 Å². The lowest BCUT2D eigenvalue weighted by Crippen LogP contribution is -2.25. The van der Waals surface area contributed by atoms with Gasteiger partial charge in [0.25, 0.3) is 0 Å². The molecule has 0 bridgehead atoms. The molecule has 0 heterocycles. The molecule has 0 aliphatic rings. The fraction of sp³-hybridized carbons (Fsp3) is 0.571. The lowest BCUT2D eigenvalue weighted by Gasteiger charge is -2.20. The van der Waals surface area contributed by atoms with Crippen molar-refractivity contribution >= 4 is 15.5 Å². The molecular formula is C14H23NO3S. The second-order valence-electron chi connectivity index (χ2n) is 4.48. The quantitative estimate of drug-likeness (QED) is 0.798. The first-order valence-corrected chi connectivity index (χ1v) is 8.27. The van der Waals surface area contributed by atoms with Crippen molar-refractivity contribution in [2.24, 2.45) is 0 Å². The summed E-state index contributed by atoms with van der Waals surface area (Å²) in [5.74, 6) is 0.106. The van der Waals surface area contributed by atoms with Gasteiger partial charge in [0, 0.05) is 13.2 Å². The van der Waals surface area contributed by atoms with Crippen LogP contribution in [-0.2, 0) is 14.6 Å². The second-order valence-corrected chi connectivity index (χ2v) is 6.73. The Kier molecular flexibility index (Phi) is 6.31. The topological polar surface area (TPSA) is 55.4 Å².